The highest BCUT2D eigenvalue weighted by Crippen LogP contribution is 2.30. The van der Waals surface area contributed by atoms with Gasteiger partial charge in [0.15, 0.2) is 6.61 Å². The Kier molecular flexibility index (Phi) is 6.88. The smallest absolute Gasteiger partial charge is 0.260 e. The standard InChI is InChI=1S/C19H25ClN2O3/c1-4-14-10-13(3)11-16(20)19(14)25-12-18(24)22-8-6-15(7-9-22)21-17(23)5-2/h5,10-11,15H,2,4,6-9,12H2,1,3H3,(H,21,23). The zero-order valence-corrected chi connectivity index (χ0v) is 15.6. The summed E-state index contributed by atoms with van der Waals surface area (Å²) in [5.74, 6) is 0.359. The molecule has 0 radical (unpaired) electrons. The molecule has 25 heavy (non-hydrogen) atoms. The lowest BCUT2D eigenvalue weighted by atomic mass is 10.0. The SMILES string of the molecule is C=CC(=O)NC1CCN(C(=O)COc2c(Cl)cc(C)cc2CC)CC1. The summed E-state index contributed by atoms with van der Waals surface area (Å²) in [6.45, 7) is 8.64. The molecule has 1 N–H and O–H groups in total. The van der Waals surface area contributed by atoms with Gasteiger partial charge in [-0.05, 0) is 49.5 Å². The van der Waals surface area contributed by atoms with Crippen molar-refractivity contribution in [1.29, 1.82) is 0 Å². The number of nitrogens with one attached hydrogen (secondary N) is 1. The van der Waals surface area contributed by atoms with E-state index in [9.17, 15) is 9.59 Å². The van der Waals surface area contributed by atoms with E-state index in [1.165, 1.54) is 6.08 Å². The number of halogens is 1. The Bertz CT molecular complexity index is 652. The number of aryl methyl sites for hydroxylation is 2. The molecule has 1 aromatic rings. The molecule has 0 atom stereocenters. The maximum absolute atomic E-state index is 12.4. The minimum Gasteiger partial charge on any atom is -0.482 e. The summed E-state index contributed by atoms with van der Waals surface area (Å²) in [5, 5.41) is 3.41. The number of carbonyl (C=O) groups is 2. The highest BCUT2D eigenvalue weighted by molar-refractivity contribution is 6.32. The Labute approximate surface area is 154 Å². The second-order valence-electron chi connectivity index (χ2n) is 6.24. The molecule has 2 rings (SSSR count). The van der Waals surface area contributed by atoms with Crippen LogP contribution in [0.15, 0.2) is 24.8 Å². The third kappa shape index (κ3) is 5.23. The lowest BCUT2D eigenvalue weighted by Crippen LogP contribution is -2.47. The van der Waals surface area contributed by atoms with Gasteiger partial charge in [-0.3, -0.25) is 9.59 Å². The number of benzene rings is 1. The fraction of sp³-hybridized carbons (Fsp3) is 0.474. The molecule has 0 saturated carbocycles. The summed E-state index contributed by atoms with van der Waals surface area (Å²) in [6, 6.07) is 3.96. The van der Waals surface area contributed by atoms with Crippen LogP contribution in [0.25, 0.3) is 0 Å². The molecule has 136 valence electrons. The van der Waals surface area contributed by atoms with Gasteiger partial charge in [0.1, 0.15) is 5.75 Å². The lowest BCUT2D eigenvalue weighted by Gasteiger charge is -2.32. The number of piperidine rings is 1. The Balaban J connectivity index is 1.88. The van der Waals surface area contributed by atoms with E-state index < -0.39 is 0 Å². The van der Waals surface area contributed by atoms with Gasteiger partial charge in [-0.15, -0.1) is 0 Å². The Hall–Kier alpha value is -2.01. The van der Waals surface area contributed by atoms with Crippen molar-refractivity contribution in [2.45, 2.75) is 39.2 Å². The first-order valence-corrected chi connectivity index (χ1v) is 8.95. The van der Waals surface area contributed by atoms with Crippen LogP contribution in [0.1, 0.15) is 30.9 Å². The summed E-state index contributed by atoms with van der Waals surface area (Å²) in [5.41, 5.74) is 2.08. The van der Waals surface area contributed by atoms with Crippen LogP contribution < -0.4 is 10.1 Å². The Morgan fingerprint density at radius 1 is 1.40 bits per heavy atom. The fourth-order valence-electron chi connectivity index (χ4n) is 2.98. The van der Waals surface area contributed by atoms with E-state index in [0.717, 1.165) is 30.4 Å². The quantitative estimate of drug-likeness (QED) is 0.789. The third-order valence-electron chi connectivity index (χ3n) is 4.37. The molecule has 1 fully saturated rings. The Morgan fingerprint density at radius 2 is 2.08 bits per heavy atom. The van der Waals surface area contributed by atoms with E-state index >= 15 is 0 Å². The fourth-order valence-corrected chi connectivity index (χ4v) is 3.33. The second kappa shape index (κ2) is 8.90. The zero-order chi connectivity index (χ0) is 18.4. The predicted molar refractivity (Wildman–Crippen MR) is 99.0 cm³/mol. The number of rotatable bonds is 6. The van der Waals surface area contributed by atoms with Crippen molar-refractivity contribution in [3.63, 3.8) is 0 Å². The summed E-state index contributed by atoms with van der Waals surface area (Å²) in [6.07, 6.45) is 3.52. The highest BCUT2D eigenvalue weighted by atomic mass is 35.5. The van der Waals surface area contributed by atoms with Crippen molar-refractivity contribution in [2.24, 2.45) is 0 Å². The van der Waals surface area contributed by atoms with E-state index in [2.05, 4.69) is 11.9 Å². The molecule has 2 amide bonds. The van der Waals surface area contributed by atoms with E-state index in [1.807, 2.05) is 26.0 Å². The molecule has 1 aliphatic rings. The lowest BCUT2D eigenvalue weighted by molar-refractivity contribution is -0.134. The second-order valence-corrected chi connectivity index (χ2v) is 6.65. The number of ether oxygens (including phenoxy) is 1. The number of carbonyl (C=O) groups excluding carboxylic acids is 2. The molecule has 0 aliphatic carbocycles. The van der Waals surface area contributed by atoms with E-state index in [4.69, 9.17) is 16.3 Å². The van der Waals surface area contributed by atoms with Crippen molar-refractivity contribution in [2.75, 3.05) is 19.7 Å². The van der Waals surface area contributed by atoms with Crippen LogP contribution in [0, 0.1) is 6.92 Å². The molecule has 1 aliphatic heterocycles. The first-order valence-electron chi connectivity index (χ1n) is 8.57. The predicted octanol–water partition coefficient (Wildman–Crippen LogP) is 2.88. The normalized spacial score (nSPS) is 14.9. The van der Waals surface area contributed by atoms with Crippen molar-refractivity contribution < 1.29 is 14.3 Å². The maximum Gasteiger partial charge on any atom is 0.260 e. The third-order valence-corrected chi connectivity index (χ3v) is 4.65. The number of likely N-dealkylation sites (tertiary alicyclic amines) is 1. The number of hydrogen-bond acceptors (Lipinski definition) is 3. The van der Waals surface area contributed by atoms with Gasteiger partial charge in [0, 0.05) is 19.1 Å². The van der Waals surface area contributed by atoms with Gasteiger partial charge in [0.05, 0.1) is 5.02 Å². The first-order chi connectivity index (χ1) is 11.9. The summed E-state index contributed by atoms with van der Waals surface area (Å²) >= 11 is 6.27. The van der Waals surface area contributed by atoms with Crippen LogP contribution in [-0.2, 0) is 16.0 Å². The number of amides is 2. The van der Waals surface area contributed by atoms with Gasteiger partial charge in [-0.1, -0.05) is 31.2 Å². The van der Waals surface area contributed by atoms with Gasteiger partial charge in [-0.2, -0.15) is 0 Å². The molecule has 1 saturated heterocycles. The van der Waals surface area contributed by atoms with E-state index in [-0.39, 0.29) is 24.5 Å². The van der Waals surface area contributed by atoms with Gasteiger partial charge >= 0.3 is 0 Å². The van der Waals surface area contributed by atoms with Gasteiger partial charge in [0.2, 0.25) is 5.91 Å². The highest BCUT2D eigenvalue weighted by Gasteiger charge is 2.24. The van der Waals surface area contributed by atoms with Crippen LogP contribution in [0.2, 0.25) is 5.02 Å². The summed E-state index contributed by atoms with van der Waals surface area (Å²) in [4.78, 5) is 25.5. The number of hydrogen-bond donors (Lipinski definition) is 1. The molecule has 6 heteroatoms. The average molecular weight is 365 g/mol. The molecule has 0 unspecified atom stereocenters. The Morgan fingerprint density at radius 3 is 2.68 bits per heavy atom. The average Bonchev–Trinajstić information content (AvgIpc) is 2.60. The van der Waals surface area contributed by atoms with Crippen molar-refractivity contribution in [3.8, 4) is 5.75 Å². The van der Waals surface area contributed by atoms with Crippen LogP contribution in [0.5, 0.6) is 5.75 Å². The van der Waals surface area contributed by atoms with Crippen LogP contribution in [0.3, 0.4) is 0 Å². The van der Waals surface area contributed by atoms with Crippen molar-refractivity contribution in [1.82, 2.24) is 10.2 Å². The maximum atomic E-state index is 12.4. The summed E-state index contributed by atoms with van der Waals surface area (Å²) in [7, 11) is 0. The molecule has 5 nitrogen and oxygen atoms in total. The molecule has 0 spiro atoms. The minimum absolute atomic E-state index is 0.0283. The van der Waals surface area contributed by atoms with Crippen LogP contribution in [0.4, 0.5) is 0 Å². The minimum atomic E-state index is -0.172. The summed E-state index contributed by atoms with van der Waals surface area (Å²) < 4.78 is 5.73. The molecule has 1 heterocycles. The van der Waals surface area contributed by atoms with Crippen LogP contribution >= 0.6 is 11.6 Å². The largest absolute Gasteiger partial charge is 0.482 e. The monoisotopic (exact) mass is 364 g/mol. The first kappa shape index (κ1) is 19.3. The van der Waals surface area contributed by atoms with E-state index in [0.29, 0.717) is 23.9 Å². The van der Waals surface area contributed by atoms with Gasteiger partial charge in [-0.25, -0.2) is 0 Å². The molecular weight excluding hydrogens is 340 g/mol. The molecule has 0 aromatic heterocycles. The van der Waals surface area contributed by atoms with Gasteiger partial charge < -0.3 is 15.0 Å². The zero-order valence-electron chi connectivity index (χ0n) is 14.8. The van der Waals surface area contributed by atoms with Crippen molar-refractivity contribution >= 4 is 23.4 Å². The molecule has 1 aromatic carbocycles. The van der Waals surface area contributed by atoms with E-state index in [1.54, 1.807) is 4.90 Å². The number of nitrogens with zero attached hydrogens (tertiary/aromatic N) is 1. The van der Waals surface area contributed by atoms with Gasteiger partial charge in [0.25, 0.3) is 5.91 Å². The van der Waals surface area contributed by atoms with Crippen molar-refractivity contribution in [3.05, 3.63) is 40.9 Å². The molecule has 0 bridgehead atoms. The molecular formula is C19H25ClN2O3. The topological polar surface area (TPSA) is 58.6 Å². The van der Waals surface area contributed by atoms with Crippen LogP contribution in [-0.4, -0.2) is 42.5 Å².